The van der Waals surface area contributed by atoms with Gasteiger partial charge < -0.3 is 16.4 Å². The normalized spacial score (nSPS) is 15.0. The summed E-state index contributed by atoms with van der Waals surface area (Å²) in [7, 11) is 0. The van der Waals surface area contributed by atoms with Crippen LogP contribution < -0.4 is 16.4 Å². The van der Waals surface area contributed by atoms with Crippen LogP contribution in [0.3, 0.4) is 0 Å². The van der Waals surface area contributed by atoms with Gasteiger partial charge in [0.05, 0.1) is 11.2 Å². The van der Waals surface area contributed by atoms with Crippen LogP contribution in [0.1, 0.15) is 23.2 Å². The summed E-state index contributed by atoms with van der Waals surface area (Å²) in [5.41, 5.74) is 8.94. The molecule has 27 heavy (non-hydrogen) atoms. The monoisotopic (exact) mass is 363 g/mol. The average molecular weight is 363 g/mol. The SMILES string of the molecule is NC(=O)c1ccc2[nH]nc(-c3cccc(NC(=O)C4CCNCC4)c3)c2c1. The van der Waals surface area contributed by atoms with E-state index in [4.69, 9.17) is 5.73 Å². The zero-order valence-corrected chi connectivity index (χ0v) is 14.8. The Hall–Kier alpha value is -3.19. The summed E-state index contributed by atoms with van der Waals surface area (Å²) < 4.78 is 0. The molecule has 1 saturated heterocycles. The average Bonchev–Trinajstić information content (AvgIpc) is 3.12. The molecule has 7 heteroatoms. The predicted octanol–water partition coefficient (Wildman–Crippen LogP) is 2.27. The first-order valence-corrected chi connectivity index (χ1v) is 9.02. The van der Waals surface area contributed by atoms with Crippen LogP contribution in [0.4, 0.5) is 5.69 Å². The van der Waals surface area contributed by atoms with E-state index < -0.39 is 5.91 Å². The molecule has 0 bridgehead atoms. The second kappa shape index (κ2) is 7.20. The molecule has 5 N–H and O–H groups in total. The van der Waals surface area contributed by atoms with Gasteiger partial charge in [-0.25, -0.2) is 0 Å². The highest BCUT2D eigenvalue weighted by atomic mass is 16.2. The molecule has 0 radical (unpaired) electrons. The van der Waals surface area contributed by atoms with Crippen LogP contribution in [0.2, 0.25) is 0 Å². The molecule has 1 aliphatic heterocycles. The lowest BCUT2D eigenvalue weighted by Crippen LogP contribution is -2.34. The number of hydrogen-bond donors (Lipinski definition) is 4. The van der Waals surface area contributed by atoms with Crippen molar-refractivity contribution in [2.45, 2.75) is 12.8 Å². The lowest BCUT2D eigenvalue weighted by molar-refractivity contribution is -0.120. The number of nitrogens with two attached hydrogens (primary N) is 1. The number of benzene rings is 2. The lowest BCUT2D eigenvalue weighted by Gasteiger charge is -2.21. The number of piperidine rings is 1. The fourth-order valence-electron chi connectivity index (χ4n) is 3.46. The molecular weight excluding hydrogens is 342 g/mol. The Morgan fingerprint density at radius 3 is 2.70 bits per heavy atom. The van der Waals surface area contributed by atoms with E-state index >= 15 is 0 Å². The Morgan fingerprint density at radius 1 is 1.11 bits per heavy atom. The predicted molar refractivity (Wildman–Crippen MR) is 104 cm³/mol. The van der Waals surface area contributed by atoms with Gasteiger partial charge in [-0.1, -0.05) is 12.1 Å². The van der Waals surface area contributed by atoms with E-state index in [9.17, 15) is 9.59 Å². The molecule has 138 valence electrons. The van der Waals surface area contributed by atoms with Crippen molar-refractivity contribution in [3.63, 3.8) is 0 Å². The maximum Gasteiger partial charge on any atom is 0.248 e. The van der Waals surface area contributed by atoms with Crippen LogP contribution in [-0.2, 0) is 4.79 Å². The second-order valence-electron chi connectivity index (χ2n) is 6.79. The van der Waals surface area contributed by atoms with Crippen LogP contribution in [0.25, 0.3) is 22.2 Å². The molecule has 2 aromatic carbocycles. The Bertz CT molecular complexity index is 1000. The van der Waals surface area contributed by atoms with Crippen LogP contribution in [0.5, 0.6) is 0 Å². The van der Waals surface area contributed by atoms with Crippen molar-refractivity contribution < 1.29 is 9.59 Å². The van der Waals surface area contributed by atoms with Gasteiger partial charge in [0, 0.05) is 28.1 Å². The number of nitrogens with one attached hydrogen (secondary N) is 3. The Balaban J connectivity index is 1.62. The molecule has 2 heterocycles. The fourth-order valence-corrected chi connectivity index (χ4v) is 3.46. The molecule has 1 aromatic heterocycles. The van der Waals surface area contributed by atoms with Crippen molar-refractivity contribution in [1.29, 1.82) is 0 Å². The van der Waals surface area contributed by atoms with E-state index in [1.54, 1.807) is 18.2 Å². The molecule has 4 rings (SSSR count). The molecular formula is C20H21N5O2. The molecule has 0 aliphatic carbocycles. The molecule has 0 saturated carbocycles. The van der Waals surface area contributed by atoms with Crippen molar-refractivity contribution >= 4 is 28.4 Å². The van der Waals surface area contributed by atoms with Crippen molar-refractivity contribution in [3.05, 3.63) is 48.0 Å². The Morgan fingerprint density at radius 2 is 1.93 bits per heavy atom. The standard InChI is InChI=1S/C20H21N5O2/c21-19(26)14-4-5-17-16(11-14)18(25-24-17)13-2-1-3-15(10-13)23-20(27)12-6-8-22-9-7-12/h1-5,10-12,22H,6-9H2,(H2,21,26)(H,23,27)(H,24,25). The lowest BCUT2D eigenvalue weighted by atomic mass is 9.97. The van der Waals surface area contributed by atoms with Crippen molar-refractivity contribution in [1.82, 2.24) is 15.5 Å². The molecule has 1 aliphatic rings. The van der Waals surface area contributed by atoms with Gasteiger partial charge in [-0.3, -0.25) is 14.7 Å². The van der Waals surface area contributed by atoms with E-state index in [0.29, 0.717) is 11.3 Å². The van der Waals surface area contributed by atoms with Gasteiger partial charge >= 0.3 is 0 Å². The van der Waals surface area contributed by atoms with Gasteiger partial charge in [-0.15, -0.1) is 0 Å². The smallest absolute Gasteiger partial charge is 0.248 e. The van der Waals surface area contributed by atoms with Gasteiger partial charge in [0.2, 0.25) is 11.8 Å². The summed E-state index contributed by atoms with van der Waals surface area (Å²) in [6.07, 6.45) is 1.71. The highest BCUT2D eigenvalue weighted by Gasteiger charge is 2.21. The number of carbonyl (C=O) groups is 2. The number of fused-ring (bicyclic) bond motifs is 1. The van der Waals surface area contributed by atoms with Gasteiger partial charge in [0.15, 0.2) is 0 Å². The van der Waals surface area contributed by atoms with Crippen LogP contribution in [0.15, 0.2) is 42.5 Å². The summed E-state index contributed by atoms with van der Waals surface area (Å²) in [5, 5.41) is 14.4. The minimum absolute atomic E-state index is 0.0410. The second-order valence-corrected chi connectivity index (χ2v) is 6.79. The van der Waals surface area contributed by atoms with E-state index in [-0.39, 0.29) is 11.8 Å². The maximum atomic E-state index is 12.5. The van der Waals surface area contributed by atoms with Gasteiger partial charge in [-0.05, 0) is 56.3 Å². The van der Waals surface area contributed by atoms with E-state index in [2.05, 4.69) is 20.8 Å². The third kappa shape index (κ3) is 3.54. The first kappa shape index (κ1) is 17.2. The zero-order chi connectivity index (χ0) is 18.8. The molecule has 2 amide bonds. The fraction of sp³-hybridized carbons (Fsp3) is 0.250. The summed E-state index contributed by atoms with van der Waals surface area (Å²) in [6, 6.07) is 12.8. The summed E-state index contributed by atoms with van der Waals surface area (Å²) >= 11 is 0. The molecule has 0 spiro atoms. The molecule has 3 aromatic rings. The van der Waals surface area contributed by atoms with Gasteiger partial charge in [0.25, 0.3) is 0 Å². The maximum absolute atomic E-state index is 12.5. The molecule has 0 unspecified atom stereocenters. The highest BCUT2D eigenvalue weighted by molar-refractivity contribution is 6.01. The first-order chi connectivity index (χ1) is 13.1. The van der Waals surface area contributed by atoms with E-state index in [1.165, 1.54) is 0 Å². The number of rotatable bonds is 4. The number of hydrogen-bond acceptors (Lipinski definition) is 4. The van der Waals surface area contributed by atoms with Crippen molar-refractivity contribution in [2.75, 3.05) is 18.4 Å². The third-order valence-corrected chi connectivity index (χ3v) is 4.96. The minimum atomic E-state index is -0.480. The number of H-pyrrole nitrogens is 1. The summed E-state index contributed by atoms with van der Waals surface area (Å²) in [5.74, 6) is -0.386. The number of carbonyl (C=O) groups excluding carboxylic acids is 2. The number of amides is 2. The number of nitrogens with zero attached hydrogens (tertiary/aromatic N) is 1. The Labute approximate surface area is 156 Å². The molecule has 1 fully saturated rings. The van der Waals surface area contributed by atoms with Crippen LogP contribution in [-0.4, -0.2) is 35.1 Å². The van der Waals surface area contributed by atoms with Crippen molar-refractivity contribution in [3.8, 4) is 11.3 Å². The topological polar surface area (TPSA) is 113 Å². The van der Waals surface area contributed by atoms with Crippen molar-refractivity contribution in [2.24, 2.45) is 11.7 Å². The number of aromatic amines is 1. The summed E-state index contributed by atoms with van der Waals surface area (Å²) in [6.45, 7) is 1.75. The van der Waals surface area contributed by atoms with E-state index in [1.807, 2.05) is 24.3 Å². The number of primary amides is 1. The highest BCUT2D eigenvalue weighted by Crippen LogP contribution is 2.29. The summed E-state index contributed by atoms with van der Waals surface area (Å²) in [4.78, 5) is 24.0. The van der Waals surface area contributed by atoms with Crippen LogP contribution in [0, 0.1) is 5.92 Å². The third-order valence-electron chi connectivity index (χ3n) is 4.96. The molecule has 0 atom stereocenters. The van der Waals surface area contributed by atoms with Gasteiger partial charge in [0.1, 0.15) is 0 Å². The molecule has 7 nitrogen and oxygen atoms in total. The van der Waals surface area contributed by atoms with Crippen LogP contribution >= 0.6 is 0 Å². The quantitative estimate of drug-likeness (QED) is 0.569. The zero-order valence-electron chi connectivity index (χ0n) is 14.8. The van der Waals surface area contributed by atoms with Gasteiger partial charge in [-0.2, -0.15) is 5.10 Å². The Kier molecular flexibility index (Phi) is 4.60. The largest absolute Gasteiger partial charge is 0.366 e. The minimum Gasteiger partial charge on any atom is -0.366 e. The first-order valence-electron chi connectivity index (χ1n) is 9.02. The number of aromatic nitrogens is 2. The van der Waals surface area contributed by atoms with E-state index in [0.717, 1.165) is 48.1 Å². The number of anilines is 1.